The molecule has 2 aromatic rings. The number of aromatic hydroxyl groups is 2. The summed E-state index contributed by atoms with van der Waals surface area (Å²) >= 11 is 2.18. The highest BCUT2D eigenvalue weighted by Gasteiger charge is 2.43. The largest absolute Gasteiger partial charge is 0.491 e. The van der Waals surface area contributed by atoms with Gasteiger partial charge in [0.15, 0.2) is 11.6 Å². The molecule has 2 aromatic heterocycles. The summed E-state index contributed by atoms with van der Waals surface area (Å²) < 4.78 is 0. The van der Waals surface area contributed by atoms with Crippen LogP contribution in [0.1, 0.15) is 61.4 Å². The second-order valence-electron chi connectivity index (χ2n) is 10.6. The molecule has 9 N–H and O–H groups in total. The van der Waals surface area contributed by atoms with Crippen molar-refractivity contribution in [3.05, 3.63) is 23.8 Å². The molecule has 0 radical (unpaired) electrons. The standard InChI is InChI=1S/C27H35N7O9S2/c1-11(35)6-13(26(40)41)9-44-20(16-7-30-24(38)22(28)33-16)14-4-3-5-15(19(14)37)21(17-8-31-25(39)23(29)34-17)45-10-18(27(42)43)32-12(2)36/h7-8,13-15,18,20-21H,3-6,9-10H2,1-2H3,(H2,28,33)(H2,29,34)(H,30,38)(H,31,39)(H,32,36)(H,40,41)(H,42,43)/t13?,14?,15?,18-,20?,21?/m0/s1. The smallest absolute Gasteiger partial charge is 0.327 e. The molecule has 0 bridgehead atoms. The molecule has 18 heteroatoms. The highest BCUT2D eigenvalue weighted by atomic mass is 32.2. The van der Waals surface area contributed by atoms with Crippen LogP contribution in [-0.2, 0) is 24.0 Å². The first-order valence-corrected chi connectivity index (χ1v) is 15.9. The van der Waals surface area contributed by atoms with Gasteiger partial charge in [-0.1, -0.05) is 6.42 Å². The van der Waals surface area contributed by atoms with Crippen LogP contribution in [-0.4, -0.2) is 87.3 Å². The Labute approximate surface area is 266 Å². The maximum absolute atomic E-state index is 14.3. The van der Waals surface area contributed by atoms with E-state index < -0.39 is 63.9 Å². The summed E-state index contributed by atoms with van der Waals surface area (Å²) in [4.78, 5) is 77.5. The SMILES string of the molecule is CC(=O)CC(CSC(c1cnc(O)c(N)n1)C1CCCC(C(SC[C@H](NC(C)=O)C(=O)O)c2cnc(O)c(N)n2)C1=O)C(=O)O. The minimum absolute atomic E-state index is 0.0361. The van der Waals surface area contributed by atoms with Crippen LogP contribution >= 0.6 is 23.5 Å². The lowest BCUT2D eigenvalue weighted by Gasteiger charge is -2.36. The number of hydrogen-bond acceptors (Lipinski definition) is 15. The molecule has 45 heavy (non-hydrogen) atoms. The first-order chi connectivity index (χ1) is 21.2. The van der Waals surface area contributed by atoms with Gasteiger partial charge in [0.1, 0.15) is 17.6 Å². The van der Waals surface area contributed by atoms with E-state index in [1.54, 1.807) is 0 Å². The molecule has 2 heterocycles. The van der Waals surface area contributed by atoms with Gasteiger partial charge in [0.05, 0.1) is 40.2 Å². The van der Waals surface area contributed by atoms with Gasteiger partial charge in [0.25, 0.3) is 11.8 Å². The number of anilines is 2. The van der Waals surface area contributed by atoms with Gasteiger partial charge in [-0.15, -0.1) is 11.8 Å². The zero-order valence-corrected chi connectivity index (χ0v) is 26.1. The number of Topliss-reactive ketones (excluding diaryl/α,β-unsaturated/α-hetero) is 2. The van der Waals surface area contributed by atoms with Crippen LogP contribution < -0.4 is 16.8 Å². The minimum Gasteiger partial charge on any atom is -0.491 e. The lowest BCUT2D eigenvalue weighted by molar-refractivity contribution is -0.142. The van der Waals surface area contributed by atoms with E-state index in [1.165, 1.54) is 26.2 Å². The molecule has 0 saturated heterocycles. The van der Waals surface area contributed by atoms with Crippen molar-refractivity contribution in [1.82, 2.24) is 25.3 Å². The molecular weight excluding hydrogens is 630 g/mol. The maximum Gasteiger partial charge on any atom is 0.327 e. The van der Waals surface area contributed by atoms with E-state index in [0.29, 0.717) is 19.3 Å². The average molecular weight is 666 g/mol. The van der Waals surface area contributed by atoms with Crippen LogP contribution in [0.3, 0.4) is 0 Å². The summed E-state index contributed by atoms with van der Waals surface area (Å²) in [7, 11) is 0. The van der Waals surface area contributed by atoms with Gasteiger partial charge in [0, 0.05) is 36.7 Å². The van der Waals surface area contributed by atoms with Crippen molar-refractivity contribution in [2.75, 3.05) is 23.0 Å². The first-order valence-electron chi connectivity index (χ1n) is 13.8. The van der Waals surface area contributed by atoms with Crippen LogP contribution in [0.4, 0.5) is 11.6 Å². The molecule has 1 aliphatic carbocycles. The maximum atomic E-state index is 14.3. The quantitative estimate of drug-likeness (QED) is 0.141. The third kappa shape index (κ3) is 9.40. The molecule has 16 nitrogen and oxygen atoms in total. The van der Waals surface area contributed by atoms with E-state index in [1.807, 2.05) is 0 Å². The van der Waals surface area contributed by atoms with Crippen molar-refractivity contribution in [3.8, 4) is 11.8 Å². The predicted octanol–water partition coefficient (Wildman–Crippen LogP) is 1.35. The van der Waals surface area contributed by atoms with Crippen molar-refractivity contribution in [3.63, 3.8) is 0 Å². The van der Waals surface area contributed by atoms with E-state index in [0.717, 1.165) is 23.5 Å². The van der Waals surface area contributed by atoms with E-state index in [9.17, 15) is 44.4 Å². The normalized spacial score (nSPS) is 19.2. The Bertz CT molecular complexity index is 1340. The van der Waals surface area contributed by atoms with Crippen molar-refractivity contribution >= 4 is 64.6 Å². The Morgan fingerprint density at radius 1 is 0.889 bits per heavy atom. The van der Waals surface area contributed by atoms with Crippen LogP contribution in [0.5, 0.6) is 11.8 Å². The molecule has 0 spiro atoms. The van der Waals surface area contributed by atoms with Gasteiger partial charge >= 0.3 is 11.9 Å². The molecule has 1 saturated carbocycles. The number of rotatable bonds is 15. The number of nitrogen functional groups attached to an aromatic ring is 2. The molecule has 0 aromatic carbocycles. The van der Waals surface area contributed by atoms with E-state index in [4.69, 9.17) is 11.5 Å². The number of nitrogens with zero attached hydrogens (tertiary/aromatic N) is 4. The molecule has 1 fully saturated rings. The fraction of sp³-hybridized carbons (Fsp3) is 0.519. The minimum atomic E-state index is -1.28. The van der Waals surface area contributed by atoms with Crippen LogP contribution in [0, 0.1) is 17.8 Å². The number of hydrogen-bond donors (Lipinski definition) is 7. The van der Waals surface area contributed by atoms with Gasteiger partial charge in [-0.25, -0.2) is 24.7 Å². The molecule has 0 aliphatic heterocycles. The summed E-state index contributed by atoms with van der Waals surface area (Å²) in [6.07, 6.45) is 3.57. The molecule has 3 rings (SSSR count). The van der Waals surface area contributed by atoms with Gasteiger partial charge < -0.3 is 42.0 Å². The van der Waals surface area contributed by atoms with Crippen LogP contribution in [0.15, 0.2) is 12.4 Å². The van der Waals surface area contributed by atoms with Gasteiger partial charge in [-0.3, -0.25) is 14.4 Å². The Morgan fingerprint density at radius 2 is 1.38 bits per heavy atom. The van der Waals surface area contributed by atoms with Crippen molar-refractivity contribution < 1.29 is 44.4 Å². The molecule has 5 unspecified atom stereocenters. The lowest BCUT2D eigenvalue weighted by atomic mass is 9.76. The van der Waals surface area contributed by atoms with Gasteiger partial charge in [0.2, 0.25) is 5.91 Å². The number of thioether (sulfide) groups is 2. The third-order valence-corrected chi connectivity index (χ3v) is 10.1. The molecular formula is C27H35N7O9S2. The molecule has 1 amide bonds. The number of aromatic nitrogens is 4. The highest BCUT2D eigenvalue weighted by molar-refractivity contribution is 7.99. The number of carboxylic acids is 2. The van der Waals surface area contributed by atoms with E-state index in [2.05, 4.69) is 25.3 Å². The Hall–Kier alpha value is -4.19. The number of carbonyl (C=O) groups is 5. The Kier molecular flexibility index (Phi) is 12.3. The number of ketones is 2. The zero-order valence-electron chi connectivity index (χ0n) is 24.5. The van der Waals surface area contributed by atoms with Gasteiger partial charge in [-0.2, -0.15) is 11.8 Å². The number of nitrogens with two attached hydrogens (primary N) is 2. The zero-order chi connectivity index (χ0) is 33.4. The number of amides is 1. The average Bonchev–Trinajstić information content (AvgIpc) is 2.96. The number of carboxylic acid groups (broad SMARTS) is 2. The number of nitrogens with one attached hydrogen (secondary N) is 1. The second-order valence-corrected chi connectivity index (χ2v) is 12.9. The van der Waals surface area contributed by atoms with Crippen molar-refractivity contribution in [2.24, 2.45) is 17.8 Å². The highest BCUT2D eigenvalue weighted by Crippen LogP contribution is 2.49. The van der Waals surface area contributed by atoms with Crippen LogP contribution in [0.25, 0.3) is 0 Å². The van der Waals surface area contributed by atoms with Gasteiger partial charge in [-0.05, 0) is 19.8 Å². The van der Waals surface area contributed by atoms with E-state index >= 15 is 0 Å². The topological polar surface area (TPSA) is 282 Å². The summed E-state index contributed by atoms with van der Waals surface area (Å²) in [5, 5.41) is 39.9. The predicted molar refractivity (Wildman–Crippen MR) is 164 cm³/mol. The third-order valence-electron chi connectivity index (χ3n) is 7.15. The monoisotopic (exact) mass is 665 g/mol. The summed E-state index contributed by atoms with van der Waals surface area (Å²) in [5.41, 5.74) is 12.1. The summed E-state index contributed by atoms with van der Waals surface area (Å²) in [6, 6.07) is -1.28. The van der Waals surface area contributed by atoms with Crippen molar-refractivity contribution in [2.45, 2.75) is 56.1 Å². The second kappa shape index (κ2) is 15.7. The number of aliphatic carboxylic acids is 2. The first kappa shape index (κ1) is 35.3. The fourth-order valence-corrected chi connectivity index (χ4v) is 7.93. The van der Waals surface area contributed by atoms with Crippen LogP contribution in [0.2, 0.25) is 0 Å². The van der Waals surface area contributed by atoms with E-state index in [-0.39, 0.29) is 52.5 Å². The summed E-state index contributed by atoms with van der Waals surface area (Å²) in [5.74, 6) is -7.91. The molecule has 1 aliphatic rings. The number of carbonyl (C=O) groups excluding carboxylic acids is 3. The Morgan fingerprint density at radius 3 is 1.78 bits per heavy atom. The fourth-order valence-electron chi connectivity index (χ4n) is 5.03. The Balaban J connectivity index is 2.00. The van der Waals surface area contributed by atoms with Crippen molar-refractivity contribution in [1.29, 1.82) is 0 Å². The summed E-state index contributed by atoms with van der Waals surface area (Å²) in [6.45, 7) is 2.47. The lowest BCUT2D eigenvalue weighted by Crippen LogP contribution is -2.42. The molecule has 6 atom stereocenters. The molecule has 244 valence electrons.